The summed E-state index contributed by atoms with van der Waals surface area (Å²) in [6, 6.07) is 7.95. The van der Waals surface area contributed by atoms with Gasteiger partial charge in [-0.05, 0) is 11.6 Å². The fourth-order valence-electron chi connectivity index (χ4n) is 2.15. The maximum Gasteiger partial charge on any atom is 0.265 e. The third kappa shape index (κ3) is 3.78. The molecule has 0 heterocycles. The van der Waals surface area contributed by atoms with Gasteiger partial charge in [0.25, 0.3) is 5.69 Å². The zero-order chi connectivity index (χ0) is 17.7. The lowest BCUT2D eigenvalue weighted by Crippen LogP contribution is -2.05. The number of benzene rings is 2. The van der Waals surface area contributed by atoms with Gasteiger partial charge in [-0.25, -0.2) is 0 Å². The van der Waals surface area contributed by atoms with Crippen molar-refractivity contribution in [3.05, 3.63) is 46.0 Å². The van der Waals surface area contributed by atoms with Gasteiger partial charge in [0.1, 0.15) is 17.2 Å². The van der Waals surface area contributed by atoms with E-state index in [1.54, 1.807) is 32.4 Å². The predicted octanol–water partition coefficient (Wildman–Crippen LogP) is 2.31. The van der Waals surface area contributed by atoms with E-state index >= 15 is 0 Å². The van der Waals surface area contributed by atoms with Gasteiger partial charge in [-0.15, -0.1) is 0 Å². The summed E-state index contributed by atoms with van der Waals surface area (Å²) in [4.78, 5) is 10.3. The number of ether oxygens (including phenoxy) is 3. The van der Waals surface area contributed by atoms with Gasteiger partial charge in [0.05, 0.1) is 26.3 Å². The van der Waals surface area contributed by atoms with E-state index in [0.717, 1.165) is 0 Å². The van der Waals surface area contributed by atoms with Crippen LogP contribution >= 0.6 is 0 Å². The first-order valence-corrected chi connectivity index (χ1v) is 6.97. The van der Waals surface area contributed by atoms with E-state index in [4.69, 9.17) is 14.2 Å². The summed E-state index contributed by atoms with van der Waals surface area (Å²) in [5.74, 6) is 0.407. The van der Waals surface area contributed by atoms with Crippen LogP contribution in [-0.2, 0) is 6.54 Å². The van der Waals surface area contributed by atoms with Crippen molar-refractivity contribution in [1.82, 2.24) is 0 Å². The van der Waals surface area contributed by atoms with Crippen molar-refractivity contribution in [2.45, 2.75) is 6.54 Å². The average Bonchev–Trinajstić information content (AvgIpc) is 2.60. The van der Waals surface area contributed by atoms with Crippen LogP contribution in [0.5, 0.6) is 23.0 Å². The van der Waals surface area contributed by atoms with Crippen molar-refractivity contribution in [3.63, 3.8) is 0 Å². The number of nitro groups is 1. The molecule has 2 aromatic rings. The molecule has 0 spiro atoms. The first-order valence-electron chi connectivity index (χ1n) is 6.97. The molecule has 0 saturated heterocycles. The second kappa shape index (κ2) is 7.40. The minimum absolute atomic E-state index is 0.0655. The Morgan fingerprint density at radius 1 is 1.00 bits per heavy atom. The molecular weight excluding hydrogens is 316 g/mol. The zero-order valence-corrected chi connectivity index (χ0v) is 13.5. The Bertz CT molecular complexity index is 725. The Labute approximate surface area is 138 Å². The molecule has 0 fully saturated rings. The summed E-state index contributed by atoms with van der Waals surface area (Å²) in [5, 5.41) is 25.9. The molecule has 0 bridgehead atoms. The van der Waals surface area contributed by atoms with Crippen molar-refractivity contribution < 1.29 is 24.2 Å². The number of hydrogen-bond acceptors (Lipinski definition) is 7. The van der Waals surface area contributed by atoms with Crippen LogP contribution in [0.4, 0.5) is 11.4 Å². The van der Waals surface area contributed by atoms with Crippen molar-refractivity contribution in [1.29, 1.82) is 0 Å². The van der Waals surface area contributed by atoms with E-state index in [0.29, 0.717) is 22.7 Å². The summed E-state index contributed by atoms with van der Waals surface area (Å²) in [6.07, 6.45) is 0. The summed E-state index contributed by atoms with van der Waals surface area (Å²) in [7, 11) is 4.38. The monoisotopic (exact) mass is 333 g/mol. The van der Waals surface area contributed by atoms with Crippen LogP contribution in [-0.4, -0.2) is 26.3 Å². The quantitative estimate of drug-likeness (QED) is 0.612. The number of nitrogens with zero attached hydrogens (tertiary/aromatic N) is 1. The fourth-order valence-corrected chi connectivity index (χ4v) is 2.15. The van der Waals surface area contributed by atoms with Gasteiger partial charge in [-0.1, -0.05) is 0 Å². The topological polar surface area (TPSA) is 106 Å². The molecule has 0 aliphatic rings. The van der Waals surface area contributed by atoms with E-state index in [1.165, 1.54) is 19.2 Å². The maximum absolute atomic E-state index is 11.8. The molecule has 128 valence electrons. The average molecular weight is 333 g/mol. The molecule has 0 aliphatic carbocycles. The van der Waals surface area contributed by atoms with E-state index in [1.807, 2.05) is 0 Å². The van der Waals surface area contributed by atoms with Gasteiger partial charge < -0.3 is 24.6 Å². The van der Waals surface area contributed by atoms with Crippen molar-refractivity contribution in [3.8, 4) is 23.0 Å². The lowest BCUT2D eigenvalue weighted by atomic mass is 10.1. The van der Waals surface area contributed by atoms with Crippen molar-refractivity contribution in [2.75, 3.05) is 26.6 Å². The van der Waals surface area contributed by atoms with Crippen LogP contribution in [0.15, 0.2) is 30.3 Å². The van der Waals surface area contributed by atoms with Crippen LogP contribution in [0.25, 0.3) is 0 Å². The molecule has 0 atom stereocenters. The highest BCUT2D eigenvalue weighted by atomic mass is 16.6. The van der Waals surface area contributed by atoms with Crippen molar-refractivity contribution in [2.24, 2.45) is 0 Å². The summed E-state index contributed by atoms with van der Waals surface area (Å²) < 4.78 is 15.3. The normalized spacial score (nSPS) is 10.1. The highest BCUT2D eigenvalue weighted by Gasteiger charge is 2.13. The van der Waals surface area contributed by atoms with Gasteiger partial charge in [0.2, 0.25) is 0 Å². The van der Waals surface area contributed by atoms with E-state index < -0.39 is 16.4 Å². The highest BCUT2D eigenvalue weighted by Crippen LogP contribution is 2.35. The van der Waals surface area contributed by atoms with Crippen LogP contribution < -0.4 is 24.6 Å². The minimum atomic E-state index is -0.741. The zero-order valence-electron chi connectivity index (χ0n) is 13.5. The van der Waals surface area contributed by atoms with Crippen LogP contribution in [0.1, 0.15) is 5.56 Å². The molecule has 8 nitrogen and oxygen atoms in total. The molecule has 1 N–H and O–H groups in total. The summed E-state index contributed by atoms with van der Waals surface area (Å²) in [6.45, 7) is 0.258. The lowest BCUT2D eigenvalue weighted by molar-refractivity contribution is -0.398. The predicted molar refractivity (Wildman–Crippen MR) is 86.0 cm³/mol. The van der Waals surface area contributed by atoms with E-state index in [2.05, 4.69) is 5.32 Å². The number of nitrogens with one attached hydrogen (secondary N) is 1. The van der Waals surface area contributed by atoms with Gasteiger partial charge in [0.15, 0.2) is 0 Å². The van der Waals surface area contributed by atoms with Gasteiger partial charge >= 0.3 is 0 Å². The molecule has 0 aliphatic heterocycles. The summed E-state index contributed by atoms with van der Waals surface area (Å²) >= 11 is 0. The third-order valence-electron chi connectivity index (χ3n) is 3.36. The molecule has 0 aromatic heterocycles. The standard InChI is InChI=1S/C16H18N2O6/c1-22-12-6-11(7-13(8-12)23-2)17-9-10-4-14(18(20)21)16(19)15(5-10)24-3/h4-8,17,19H,9H2,1-3H3/p-1. The molecule has 24 heavy (non-hydrogen) atoms. The molecule has 2 aromatic carbocycles. The van der Waals surface area contributed by atoms with Gasteiger partial charge in [0, 0.05) is 42.2 Å². The first kappa shape index (κ1) is 17.2. The number of methoxy groups -OCH3 is 3. The molecule has 0 radical (unpaired) electrons. The van der Waals surface area contributed by atoms with Crippen LogP contribution in [0, 0.1) is 10.1 Å². The maximum atomic E-state index is 11.8. The minimum Gasteiger partial charge on any atom is -0.865 e. The second-order valence-corrected chi connectivity index (χ2v) is 4.86. The Morgan fingerprint density at radius 2 is 1.62 bits per heavy atom. The second-order valence-electron chi connectivity index (χ2n) is 4.86. The Kier molecular flexibility index (Phi) is 5.31. The van der Waals surface area contributed by atoms with Crippen molar-refractivity contribution >= 4 is 11.4 Å². The van der Waals surface area contributed by atoms with Gasteiger partial charge in [-0.3, -0.25) is 10.1 Å². The van der Waals surface area contributed by atoms with E-state index in [9.17, 15) is 15.2 Å². The molecule has 2 rings (SSSR count). The van der Waals surface area contributed by atoms with E-state index in [-0.39, 0.29) is 12.3 Å². The van der Waals surface area contributed by atoms with Crippen LogP contribution in [0.2, 0.25) is 0 Å². The Hall–Kier alpha value is -3.16. The summed E-state index contributed by atoms with van der Waals surface area (Å²) in [5.41, 5.74) is 0.730. The fraction of sp³-hybridized carbons (Fsp3) is 0.250. The third-order valence-corrected chi connectivity index (χ3v) is 3.36. The van der Waals surface area contributed by atoms with Gasteiger partial charge in [-0.2, -0.15) is 0 Å². The van der Waals surface area contributed by atoms with Crippen LogP contribution in [0.3, 0.4) is 0 Å². The number of anilines is 1. The SMILES string of the molecule is COc1cc(NCc2cc(OC)c([O-])c([N+](=O)[O-])c2)cc(OC)c1. The first-order chi connectivity index (χ1) is 11.5. The number of hydrogen-bond donors (Lipinski definition) is 1. The highest BCUT2D eigenvalue weighted by molar-refractivity contribution is 5.58. The smallest absolute Gasteiger partial charge is 0.265 e. The molecule has 0 amide bonds. The largest absolute Gasteiger partial charge is 0.865 e. The molecule has 8 heteroatoms. The number of nitro benzene ring substituents is 1. The Morgan fingerprint density at radius 3 is 2.12 bits per heavy atom. The molecule has 0 unspecified atom stereocenters. The molecule has 0 saturated carbocycles. The molecular formula is C16H17N2O6-. The number of rotatable bonds is 7. The Balaban J connectivity index is 2.26. The lowest BCUT2D eigenvalue weighted by Gasteiger charge is -2.15.